The molecule has 0 heterocycles. The second kappa shape index (κ2) is 3.49. The lowest BCUT2D eigenvalue weighted by atomic mass is 10.5. The van der Waals surface area contributed by atoms with Crippen LogP contribution in [0.3, 0.4) is 0 Å². The predicted molar refractivity (Wildman–Crippen MR) is 35.3 cm³/mol. The third kappa shape index (κ3) is 4.63. The molecule has 5 heteroatoms. The third-order valence-corrected chi connectivity index (χ3v) is 0.618. The summed E-state index contributed by atoms with van der Waals surface area (Å²) in [7, 11) is 0. The number of hydrogen-bond acceptors (Lipinski definition) is 3. The Morgan fingerprint density at radius 3 is 2.20 bits per heavy atom. The van der Waals surface area contributed by atoms with Gasteiger partial charge in [-0.15, -0.1) is 0 Å². The van der Waals surface area contributed by atoms with Gasteiger partial charge in [0.1, 0.15) is 5.82 Å². The van der Waals surface area contributed by atoms with Crippen LogP contribution in [0.25, 0.3) is 0 Å². The standard InChI is InChI=1S/C5H9N3O2/c1-3(9)8-4(6)2-5(7)10/h2H,6H2,1H3,(H2,7,10)(H,8,9)/b4-2-. The molecule has 5 nitrogen and oxygen atoms in total. The van der Waals surface area contributed by atoms with Crippen molar-refractivity contribution in [1.82, 2.24) is 5.32 Å². The van der Waals surface area contributed by atoms with Crippen molar-refractivity contribution >= 4 is 11.8 Å². The summed E-state index contributed by atoms with van der Waals surface area (Å²) in [6.45, 7) is 1.28. The van der Waals surface area contributed by atoms with Gasteiger partial charge in [0.2, 0.25) is 11.8 Å². The molecule has 56 valence electrons. The summed E-state index contributed by atoms with van der Waals surface area (Å²) >= 11 is 0. The second-order valence-corrected chi connectivity index (χ2v) is 1.68. The Hall–Kier alpha value is -1.52. The topological polar surface area (TPSA) is 98.2 Å². The molecule has 2 amide bonds. The number of nitrogens with two attached hydrogens (primary N) is 2. The quantitative estimate of drug-likeness (QED) is 0.406. The van der Waals surface area contributed by atoms with Gasteiger partial charge in [0, 0.05) is 13.0 Å². The molecule has 0 aliphatic heterocycles. The van der Waals surface area contributed by atoms with E-state index in [-0.39, 0.29) is 11.7 Å². The van der Waals surface area contributed by atoms with Crippen molar-refractivity contribution in [3.63, 3.8) is 0 Å². The number of hydrogen-bond donors (Lipinski definition) is 3. The van der Waals surface area contributed by atoms with Gasteiger partial charge in [-0.3, -0.25) is 9.59 Å². The molecule has 0 unspecified atom stereocenters. The van der Waals surface area contributed by atoms with Crippen molar-refractivity contribution < 1.29 is 9.59 Å². The highest BCUT2D eigenvalue weighted by Crippen LogP contribution is 1.74. The lowest BCUT2D eigenvalue weighted by molar-refractivity contribution is -0.118. The minimum Gasteiger partial charge on any atom is -0.385 e. The maximum atomic E-state index is 10.3. The first-order valence-corrected chi connectivity index (χ1v) is 2.56. The fourth-order valence-corrected chi connectivity index (χ4v) is 0.393. The van der Waals surface area contributed by atoms with Gasteiger partial charge in [-0.1, -0.05) is 0 Å². The summed E-state index contributed by atoms with van der Waals surface area (Å²) in [4.78, 5) is 20.4. The van der Waals surface area contributed by atoms with Gasteiger partial charge >= 0.3 is 0 Å². The van der Waals surface area contributed by atoms with Gasteiger partial charge in [-0.25, -0.2) is 0 Å². The molecule has 0 radical (unpaired) electrons. The molecule has 0 spiro atoms. The van der Waals surface area contributed by atoms with E-state index in [0.717, 1.165) is 6.08 Å². The van der Waals surface area contributed by atoms with E-state index in [1.54, 1.807) is 0 Å². The lowest BCUT2D eigenvalue weighted by Crippen LogP contribution is -2.26. The Balaban J connectivity index is 3.95. The molecule has 0 fully saturated rings. The number of rotatable bonds is 2. The van der Waals surface area contributed by atoms with Gasteiger partial charge in [0.25, 0.3) is 0 Å². The second-order valence-electron chi connectivity index (χ2n) is 1.68. The first-order valence-electron chi connectivity index (χ1n) is 2.56. The van der Waals surface area contributed by atoms with Gasteiger partial charge < -0.3 is 16.8 Å². The Bertz CT molecular complexity index is 185. The molecule has 0 saturated carbocycles. The van der Waals surface area contributed by atoms with Crippen molar-refractivity contribution in [3.05, 3.63) is 11.9 Å². The zero-order valence-electron chi connectivity index (χ0n) is 5.55. The van der Waals surface area contributed by atoms with Crippen molar-refractivity contribution in [2.75, 3.05) is 0 Å². The summed E-state index contributed by atoms with van der Waals surface area (Å²) < 4.78 is 0. The van der Waals surface area contributed by atoms with Crippen molar-refractivity contribution in [2.45, 2.75) is 6.92 Å². The number of carbonyl (C=O) groups is 2. The maximum absolute atomic E-state index is 10.3. The molecule has 5 N–H and O–H groups in total. The molecule has 0 atom stereocenters. The van der Waals surface area contributed by atoms with Crippen molar-refractivity contribution in [1.29, 1.82) is 0 Å². The van der Waals surface area contributed by atoms with Crippen LogP contribution < -0.4 is 16.8 Å². The van der Waals surface area contributed by atoms with Crippen LogP contribution in [0.1, 0.15) is 6.92 Å². The van der Waals surface area contributed by atoms with Crippen LogP contribution >= 0.6 is 0 Å². The molecule has 0 aromatic carbocycles. The van der Waals surface area contributed by atoms with E-state index in [1.165, 1.54) is 6.92 Å². The molecule has 0 rings (SSSR count). The summed E-state index contributed by atoms with van der Waals surface area (Å²) in [6, 6.07) is 0. The molecule has 10 heavy (non-hydrogen) atoms. The molecular weight excluding hydrogens is 134 g/mol. The number of primary amides is 1. The Morgan fingerprint density at radius 2 is 1.90 bits per heavy atom. The smallest absolute Gasteiger partial charge is 0.245 e. The van der Waals surface area contributed by atoms with Gasteiger partial charge in [-0.2, -0.15) is 0 Å². The highest BCUT2D eigenvalue weighted by atomic mass is 16.2. The first kappa shape index (κ1) is 8.48. The van der Waals surface area contributed by atoms with Crippen LogP contribution in [0.15, 0.2) is 11.9 Å². The monoisotopic (exact) mass is 143 g/mol. The zero-order chi connectivity index (χ0) is 8.15. The van der Waals surface area contributed by atoms with Crippen LogP contribution in [-0.2, 0) is 9.59 Å². The molecular formula is C5H9N3O2. The van der Waals surface area contributed by atoms with E-state index in [2.05, 4.69) is 5.32 Å². The van der Waals surface area contributed by atoms with E-state index < -0.39 is 5.91 Å². The molecule has 0 aliphatic carbocycles. The summed E-state index contributed by atoms with van der Waals surface area (Å²) in [5, 5.41) is 2.17. The molecule has 0 aromatic rings. The predicted octanol–water partition coefficient (Wildman–Crippen LogP) is -1.59. The van der Waals surface area contributed by atoms with Crippen molar-refractivity contribution in [2.24, 2.45) is 11.5 Å². The molecule has 0 aromatic heterocycles. The number of carbonyl (C=O) groups excluding carboxylic acids is 2. The summed E-state index contributed by atoms with van der Waals surface area (Å²) in [5.41, 5.74) is 9.83. The van der Waals surface area contributed by atoms with Crippen LogP contribution in [0.4, 0.5) is 0 Å². The lowest BCUT2D eigenvalue weighted by Gasteiger charge is -1.97. The normalized spacial score (nSPS) is 10.7. The average Bonchev–Trinajstić information content (AvgIpc) is 1.58. The van der Waals surface area contributed by atoms with Crippen LogP contribution in [0.2, 0.25) is 0 Å². The van der Waals surface area contributed by atoms with E-state index >= 15 is 0 Å². The minimum atomic E-state index is -0.689. The Kier molecular flexibility index (Phi) is 2.96. The molecule has 0 saturated heterocycles. The average molecular weight is 143 g/mol. The van der Waals surface area contributed by atoms with Gasteiger partial charge in [0.15, 0.2) is 0 Å². The van der Waals surface area contributed by atoms with Gasteiger partial charge in [-0.05, 0) is 0 Å². The van der Waals surface area contributed by atoms with Crippen molar-refractivity contribution in [3.8, 4) is 0 Å². The molecule has 0 bridgehead atoms. The Morgan fingerprint density at radius 1 is 1.40 bits per heavy atom. The van der Waals surface area contributed by atoms with E-state index in [9.17, 15) is 9.59 Å². The summed E-state index contributed by atoms with van der Waals surface area (Å²) in [5.74, 6) is -1.07. The third-order valence-electron chi connectivity index (χ3n) is 0.618. The van der Waals surface area contributed by atoms with Crippen LogP contribution in [-0.4, -0.2) is 11.8 Å². The Labute approximate surface area is 58.1 Å². The van der Waals surface area contributed by atoms with E-state index in [0.29, 0.717) is 0 Å². The highest BCUT2D eigenvalue weighted by molar-refractivity contribution is 5.87. The summed E-state index contributed by atoms with van der Waals surface area (Å²) in [6.07, 6.45) is 0.932. The fourth-order valence-electron chi connectivity index (χ4n) is 0.393. The van der Waals surface area contributed by atoms with Gasteiger partial charge in [0.05, 0.1) is 0 Å². The van der Waals surface area contributed by atoms with Crippen LogP contribution in [0, 0.1) is 0 Å². The number of amides is 2. The largest absolute Gasteiger partial charge is 0.385 e. The first-order chi connectivity index (χ1) is 4.52. The SMILES string of the molecule is CC(=O)N/C(N)=C\C(N)=O. The van der Waals surface area contributed by atoms with Crippen LogP contribution in [0.5, 0.6) is 0 Å². The highest BCUT2D eigenvalue weighted by Gasteiger charge is 1.93. The molecule has 0 aliphatic rings. The van der Waals surface area contributed by atoms with E-state index in [4.69, 9.17) is 11.5 Å². The minimum absolute atomic E-state index is 0.0417. The van der Waals surface area contributed by atoms with E-state index in [1.807, 2.05) is 0 Å². The fraction of sp³-hybridized carbons (Fsp3) is 0.200. The maximum Gasteiger partial charge on any atom is 0.245 e. The zero-order valence-corrected chi connectivity index (χ0v) is 5.55. The number of nitrogens with one attached hydrogen (secondary N) is 1.